The second-order valence-electron chi connectivity index (χ2n) is 5.60. The van der Waals surface area contributed by atoms with Crippen molar-refractivity contribution in [2.45, 2.75) is 33.6 Å². The van der Waals surface area contributed by atoms with Crippen molar-refractivity contribution in [2.75, 3.05) is 0 Å². The van der Waals surface area contributed by atoms with Crippen molar-refractivity contribution in [1.29, 1.82) is 0 Å². The summed E-state index contributed by atoms with van der Waals surface area (Å²) in [6.07, 6.45) is 8.51. The van der Waals surface area contributed by atoms with Crippen LogP contribution in [-0.4, -0.2) is 0 Å². The average Bonchev–Trinajstić information content (AvgIpc) is 2.46. The predicted octanol–water partition coefficient (Wildman–Crippen LogP) is 4.99. The van der Waals surface area contributed by atoms with Crippen LogP contribution in [-0.2, 0) is 0 Å². The minimum atomic E-state index is 0.858. The summed E-state index contributed by atoms with van der Waals surface area (Å²) in [7, 11) is 0. The molecular formula is C19H23N. The number of rotatable bonds is 3. The molecule has 2 N–H and O–H groups in total. The Morgan fingerprint density at radius 3 is 2.40 bits per heavy atom. The molecule has 0 saturated heterocycles. The maximum Gasteiger partial charge on any atom is 0.0387 e. The van der Waals surface area contributed by atoms with Crippen LogP contribution in [0.25, 0.3) is 5.57 Å². The number of nitrogens with two attached hydrogens (primary N) is 1. The highest BCUT2D eigenvalue weighted by molar-refractivity contribution is 5.72. The molecule has 1 aliphatic rings. The van der Waals surface area contributed by atoms with Crippen LogP contribution in [0.3, 0.4) is 0 Å². The molecule has 0 radical (unpaired) electrons. The highest BCUT2D eigenvalue weighted by Crippen LogP contribution is 2.32. The molecule has 0 saturated carbocycles. The fourth-order valence-electron chi connectivity index (χ4n) is 2.38. The second kappa shape index (κ2) is 6.42. The smallest absolute Gasteiger partial charge is 0.0387 e. The fraction of sp³-hybridized carbons (Fsp3) is 0.263. The van der Waals surface area contributed by atoms with E-state index in [1.807, 2.05) is 6.08 Å². The molecule has 0 aromatic heterocycles. The van der Waals surface area contributed by atoms with Gasteiger partial charge >= 0.3 is 0 Å². The molecule has 20 heavy (non-hydrogen) atoms. The van der Waals surface area contributed by atoms with E-state index in [4.69, 9.17) is 5.73 Å². The number of benzene rings is 1. The molecule has 0 amide bonds. The number of hydrogen-bond donors (Lipinski definition) is 1. The zero-order valence-corrected chi connectivity index (χ0v) is 12.6. The molecule has 2 rings (SSSR count). The molecule has 1 aromatic carbocycles. The van der Waals surface area contributed by atoms with E-state index in [9.17, 15) is 0 Å². The summed E-state index contributed by atoms with van der Waals surface area (Å²) < 4.78 is 0. The van der Waals surface area contributed by atoms with Gasteiger partial charge < -0.3 is 5.73 Å². The first-order chi connectivity index (χ1) is 9.58. The van der Waals surface area contributed by atoms with E-state index in [0.717, 1.165) is 18.5 Å². The predicted molar refractivity (Wildman–Crippen MR) is 88.1 cm³/mol. The monoisotopic (exact) mass is 265 g/mol. The van der Waals surface area contributed by atoms with Crippen molar-refractivity contribution in [3.8, 4) is 0 Å². The summed E-state index contributed by atoms with van der Waals surface area (Å²) in [6, 6.07) is 10.6. The molecule has 0 aliphatic heterocycles. The quantitative estimate of drug-likeness (QED) is 0.766. The van der Waals surface area contributed by atoms with E-state index < -0.39 is 0 Å². The van der Waals surface area contributed by atoms with Crippen molar-refractivity contribution >= 4 is 5.57 Å². The zero-order chi connectivity index (χ0) is 14.5. The largest absolute Gasteiger partial charge is 0.398 e. The second-order valence-corrected chi connectivity index (χ2v) is 5.60. The van der Waals surface area contributed by atoms with Gasteiger partial charge in [-0.1, -0.05) is 47.6 Å². The molecule has 1 aromatic rings. The van der Waals surface area contributed by atoms with Crippen LogP contribution in [0.15, 0.2) is 71.0 Å². The first-order valence-corrected chi connectivity index (χ1v) is 7.14. The van der Waals surface area contributed by atoms with Gasteiger partial charge in [-0.05, 0) is 62.5 Å². The number of hydrogen-bond acceptors (Lipinski definition) is 1. The average molecular weight is 265 g/mol. The summed E-state index contributed by atoms with van der Waals surface area (Å²) in [5.74, 6) is 0. The van der Waals surface area contributed by atoms with Crippen molar-refractivity contribution in [3.05, 3.63) is 76.5 Å². The van der Waals surface area contributed by atoms with Gasteiger partial charge in [0, 0.05) is 5.70 Å². The van der Waals surface area contributed by atoms with E-state index in [2.05, 4.69) is 63.3 Å². The van der Waals surface area contributed by atoms with Gasteiger partial charge in [0.1, 0.15) is 0 Å². The third-order valence-corrected chi connectivity index (χ3v) is 3.60. The molecule has 0 bridgehead atoms. The Morgan fingerprint density at radius 1 is 1.05 bits per heavy atom. The lowest BCUT2D eigenvalue weighted by Gasteiger charge is -2.18. The summed E-state index contributed by atoms with van der Waals surface area (Å²) in [4.78, 5) is 0. The van der Waals surface area contributed by atoms with E-state index in [1.165, 1.54) is 27.9 Å². The molecule has 0 heterocycles. The normalized spacial score (nSPS) is 15.9. The molecule has 0 unspecified atom stereocenters. The molecule has 0 fully saturated rings. The van der Waals surface area contributed by atoms with Crippen LogP contribution in [0, 0.1) is 0 Å². The Morgan fingerprint density at radius 2 is 1.75 bits per heavy atom. The van der Waals surface area contributed by atoms with E-state index in [1.54, 1.807) is 0 Å². The van der Waals surface area contributed by atoms with Gasteiger partial charge in [-0.3, -0.25) is 0 Å². The molecular weight excluding hydrogens is 242 g/mol. The molecule has 0 spiro atoms. The van der Waals surface area contributed by atoms with Crippen molar-refractivity contribution in [2.24, 2.45) is 5.73 Å². The van der Waals surface area contributed by atoms with Crippen LogP contribution in [0.2, 0.25) is 0 Å². The minimum Gasteiger partial charge on any atom is -0.398 e. The fourth-order valence-corrected chi connectivity index (χ4v) is 2.38. The van der Waals surface area contributed by atoms with Crippen LogP contribution < -0.4 is 5.73 Å². The summed E-state index contributed by atoms with van der Waals surface area (Å²) >= 11 is 0. The van der Waals surface area contributed by atoms with Crippen LogP contribution in [0.4, 0.5) is 0 Å². The van der Waals surface area contributed by atoms with Gasteiger partial charge in [0.2, 0.25) is 0 Å². The van der Waals surface area contributed by atoms with Gasteiger partial charge in [0.15, 0.2) is 0 Å². The Balaban J connectivity index is 2.35. The summed E-state index contributed by atoms with van der Waals surface area (Å²) in [6.45, 7) is 6.34. The maximum absolute atomic E-state index is 6.24. The maximum atomic E-state index is 6.24. The Labute approximate surface area is 122 Å². The third kappa shape index (κ3) is 3.51. The van der Waals surface area contributed by atoms with Gasteiger partial charge in [0.25, 0.3) is 0 Å². The highest BCUT2D eigenvalue weighted by atomic mass is 14.6. The Hall–Kier alpha value is -2.02. The zero-order valence-electron chi connectivity index (χ0n) is 12.6. The lowest BCUT2D eigenvalue weighted by atomic mass is 9.88. The van der Waals surface area contributed by atoms with Gasteiger partial charge in [-0.2, -0.15) is 0 Å². The Kier molecular flexibility index (Phi) is 4.62. The minimum absolute atomic E-state index is 0.858. The highest BCUT2D eigenvalue weighted by Gasteiger charge is 2.13. The van der Waals surface area contributed by atoms with Gasteiger partial charge in [0.05, 0.1) is 0 Å². The summed E-state index contributed by atoms with van der Waals surface area (Å²) in [5.41, 5.74) is 13.6. The summed E-state index contributed by atoms with van der Waals surface area (Å²) in [5, 5.41) is 0. The SMILES string of the molecule is CC(C)=C/C=C(\N)C1=C(C)CCC(c2ccccc2)=C1. The molecule has 1 aliphatic carbocycles. The first-order valence-electron chi connectivity index (χ1n) is 7.14. The van der Waals surface area contributed by atoms with Crippen molar-refractivity contribution in [3.63, 3.8) is 0 Å². The Bertz CT molecular complexity index is 594. The van der Waals surface area contributed by atoms with E-state index >= 15 is 0 Å². The molecule has 1 nitrogen and oxygen atoms in total. The lowest BCUT2D eigenvalue weighted by molar-refractivity contribution is 0.954. The number of allylic oxidation sites excluding steroid dienone is 6. The van der Waals surface area contributed by atoms with E-state index in [0.29, 0.717) is 0 Å². The first kappa shape index (κ1) is 14.4. The third-order valence-electron chi connectivity index (χ3n) is 3.60. The standard InChI is InChI=1S/C19H23N/c1-14(2)9-12-19(20)18-13-17(11-10-15(18)3)16-7-5-4-6-8-16/h4-9,12-13H,10-11,20H2,1-3H3/b19-12-. The van der Waals surface area contributed by atoms with Gasteiger partial charge in [-0.25, -0.2) is 0 Å². The van der Waals surface area contributed by atoms with Crippen LogP contribution in [0.1, 0.15) is 39.2 Å². The molecule has 1 heteroatoms. The van der Waals surface area contributed by atoms with Crippen LogP contribution >= 0.6 is 0 Å². The van der Waals surface area contributed by atoms with Crippen LogP contribution in [0.5, 0.6) is 0 Å². The van der Waals surface area contributed by atoms with E-state index in [-0.39, 0.29) is 0 Å². The topological polar surface area (TPSA) is 26.0 Å². The lowest BCUT2D eigenvalue weighted by Crippen LogP contribution is -2.06. The molecule has 0 atom stereocenters. The van der Waals surface area contributed by atoms with Crippen molar-refractivity contribution < 1.29 is 0 Å². The molecule has 104 valence electrons. The van der Waals surface area contributed by atoms with Crippen molar-refractivity contribution in [1.82, 2.24) is 0 Å². The van der Waals surface area contributed by atoms with Gasteiger partial charge in [-0.15, -0.1) is 0 Å².